The number of fused-ring (bicyclic) bond motifs is 1. The van der Waals surface area contributed by atoms with Gasteiger partial charge in [0.1, 0.15) is 0 Å². The molecule has 2 heterocycles. The molecule has 9 heteroatoms. The standard InChI is InChI=1S/C22H24F3N3O2S/c1-15-7-8-20(16(2)13-15)31(29,30)27-11-9-17(10-12-27)14-28-19-6-4-3-5-18(19)26-21(28)22(23,24)25/h3-8,13,17H,9-12,14H2,1-2H3. The monoisotopic (exact) mass is 451 g/mol. The number of sulfonamides is 1. The zero-order valence-electron chi connectivity index (χ0n) is 17.4. The minimum atomic E-state index is -4.55. The summed E-state index contributed by atoms with van der Waals surface area (Å²) >= 11 is 0. The second kappa shape index (κ2) is 7.94. The Labute approximate surface area is 179 Å². The number of aryl methyl sites for hydroxylation is 2. The molecule has 2 aromatic carbocycles. The van der Waals surface area contributed by atoms with Gasteiger partial charge in [-0.15, -0.1) is 0 Å². The lowest BCUT2D eigenvalue weighted by Crippen LogP contribution is -2.39. The summed E-state index contributed by atoms with van der Waals surface area (Å²) in [5.74, 6) is -0.969. The van der Waals surface area contributed by atoms with Gasteiger partial charge in [0.25, 0.3) is 0 Å². The van der Waals surface area contributed by atoms with Crippen LogP contribution >= 0.6 is 0 Å². The van der Waals surface area contributed by atoms with Crippen LogP contribution in [0.3, 0.4) is 0 Å². The van der Waals surface area contributed by atoms with Crippen molar-refractivity contribution in [3.05, 3.63) is 59.4 Å². The van der Waals surface area contributed by atoms with Crippen LogP contribution in [0.15, 0.2) is 47.4 Å². The quantitative estimate of drug-likeness (QED) is 0.574. The van der Waals surface area contributed by atoms with Crippen LogP contribution in [0.25, 0.3) is 11.0 Å². The summed E-state index contributed by atoms with van der Waals surface area (Å²) in [6, 6.07) is 11.8. The third-order valence-electron chi connectivity index (χ3n) is 5.87. The van der Waals surface area contributed by atoms with Gasteiger partial charge in [0, 0.05) is 19.6 Å². The fourth-order valence-corrected chi connectivity index (χ4v) is 5.97. The highest BCUT2D eigenvalue weighted by Gasteiger charge is 2.38. The molecule has 0 radical (unpaired) electrons. The molecule has 5 nitrogen and oxygen atoms in total. The van der Waals surface area contributed by atoms with Gasteiger partial charge < -0.3 is 4.57 Å². The van der Waals surface area contributed by atoms with Gasteiger partial charge in [-0.05, 0) is 56.4 Å². The lowest BCUT2D eigenvalue weighted by Gasteiger charge is -2.32. The maximum Gasteiger partial charge on any atom is 0.449 e. The Kier molecular flexibility index (Phi) is 5.59. The first-order valence-corrected chi connectivity index (χ1v) is 11.6. The van der Waals surface area contributed by atoms with Crippen LogP contribution < -0.4 is 0 Å². The second-order valence-corrected chi connectivity index (χ2v) is 10.1. The minimum Gasteiger partial charge on any atom is -0.320 e. The minimum absolute atomic E-state index is 0.0655. The molecule has 31 heavy (non-hydrogen) atoms. The number of alkyl halides is 3. The van der Waals surface area contributed by atoms with Crippen molar-refractivity contribution in [3.8, 4) is 0 Å². The first-order valence-electron chi connectivity index (χ1n) is 10.2. The summed E-state index contributed by atoms with van der Waals surface area (Å²) in [6.45, 7) is 4.41. The van der Waals surface area contributed by atoms with E-state index < -0.39 is 22.0 Å². The van der Waals surface area contributed by atoms with Crippen LogP contribution in [0.2, 0.25) is 0 Å². The van der Waals surface area contributed by atoms with Gasteiger partial charge in [-0.2, -0.15) is 17.5 Å². The fourth-order valence-electron chi connectivity index (χ4n) is 4.29. The number of para-hydroxylation sites is 2. The van der Waals surface area contributed by atoms with Gasteiger partial charge in [-0.1, -0.05) is 29.8 Å². The lowest BCUT2D eigenvalue weighted by atomic mass is 9.98. The molecule has 0 atom stereocenters. The molecule has 3 aromatic rings. The number of rotatable bonds is 4. The van der Waals surface area contributed by atoms with Crippen molar-refractivity contribution >= 4 is 21.1 Å². The molecule has 166 valence electrons. The van der Waals surface area contributed by atoms with E-state index in [0.29, 0.717) is 29.4 Å². The molecule has 0 bridgehead atoms. The van der Waals surface area contributed by atoms with Gasteiger partial charge >= 0.3 is 6.18 Å². The summed E-state index contributed by atoms with van der Waals surface area (Å²) < 4.78 is 69.4. The average Bonchev–Trinajstić information content (AvgIpc) is 3.07. The van der Waals surface area contributed by atoms with Crippen molar-refractivity contribution in [2.45, 2.75) is 44.3 Å². The third-order valence-corrected chi connectivity index (χ3v) is 7.93. The van der Waals surface area contributed by atoms with E-state index in [4.69, 9.17) is 0 Å². The molecule has 1 saturated heterocycles. The van der Waals surface area contributed by atoms with Gasteiger partial charge in [-0.3, -0.25) is 0 Å². The van der Waals surface area contributed by atoms with E-state index >= 15 is 0 Å². The number of halogens is 3. The molecular weight excluding hydrogens is 427 g/mol. The molecule has 0 spiro atoms. The van der Waals surface area contributed by atoms with Gasteiger partial charge in [0.15, 0.2) is 0 Å². The van der Waals surface area contributed by atoms with Crippen LogP contribution in [0, 0.1) is 19.8 Å². The molecule has 0 N–H and O–H groups in total. The molecule has 1 aliphatic heterocycles. The Bertz CT molecular complexity index is 1210. The zero-order chi connectivity index (χ0) is 22.4. The van der Waals surface area contributed by atoms with Crippen LogP contribution in [0.4, 0.5) is 13.2 Å². The van der Waals surface area contributed by atoms with Crippen molar-refractivity contribution in [2.75, 3.05) is 13.1 Å². The van der Waals surface area contributed by atoms with E-state index in [0.717, 1.165) is 5.56 Å². The molecule has 0 saturated carbocycles. The third kappa shape index (κ3) is 4.21. The van der Waals surface area contributed by atoms with E-state index in [2.05, 4.69) is 4.98 Å². The van der Waals surface area contributed by atoms with Crippen molar-refractivity contribution < 1.29 is 21.6 Å². The number of benzene rings is 2. The highest BCUT2D eigenvalue weighted by Crippen LogP contribution is 2.34. The van der Waals surface area contributed by atoms with Gasteiger partial charge in [-0.25, -0.2) is 13.4 Å². The highest BCUT2D eigenvalue weighted by molar-refractivity contribution is 7.89. The first kappa shape index (κ1) is 21.8. The summed E-state index contributed by atoms with van der Waals surface area (Å²) in [5.41, 5.74) is 2.44. The first-order chi connectivity index (χ1) is 14.6. The second-order valence-electron chi connectivity index (χ2n) is 8.15. The smallest absolute Gasteiger partial charge is 0.320 e. The van der Waals surface area contributed by atoms with E-state index in [9.17, 15) is 21.6 Å². The van der Waals surface area contributed by atoms with Crippen LogP contribution in [0.1, 0.15) is 29.8 Å². The topological polar surface area (TPSA) is 55.2 Å². The molecule has 4 rings (SSSR count). The zero-order valence-corrected chi connectivity index (χ0v) is 18.2. The Morgan fingerprint density at radius 1 is 1.06 bits per heavy atom. The fraction of sp³-hybridized carbons (Fsp3) is 0.409. The van der Waals surface area contributed by atoms with Crippen LogP contribution in [-0.2, 0) is 22.7 Å². The summed E-state index contributed by atoms with van der Waals surface area (Å²) in [5, 5.41) is 0. The number of hydrogen-bond donors (Lipinski definition) is 0. The molecule has 1 fully saturated rings. The normalized spacial score (nSPS) is 16.8. The summed E-state index contributed by atoms with van der Waals surface area (Å²) in [4.78, 5) is 4.08. The average molecular weight is 452 g/mol. The molecule has 0 amide bonds. The number of imidazole rings is 1. The number of hydrogen-bond acceptors (Lipinski definition) is 3. The number of nitrogens with zero attached hydrogens (tertiary/aromatic N) is 3. The van der Waals surface area contributed by atoms with Gasteiger partial charge in [0.05, 0.1) is 15.9 Å². The molecular formula is C22H24F3N3O2S. The predicted molar refractivity (Wildman–Crippen MR) is 112 cm³/mol. The molecule has 1 aromatic heterocycles. The summed E-state index contributed by atoms with van der Waals surface area (Å²) in [6.07, 6.45) is -3.56. The number of piperidine rings is 1. The van der Waals surface area contributed by atoms with Crippen molar-refractivity contribution in [1.82, 2.24) is 13.9 Å². The van der Waals surface area contributed by atoms with E-state index in [1.165, 1.54) is 8.87 Å². The Balaban J connectivity index is 1.53. The molecule has 0 unspecified atom stereocenters. The molecule has 1 aliphatic rings. The Morgan fingerprint density at radius 2 is 1.74 bits per heavy atom. The summed E-state index contributed by atoms with van der Waals surface area (Å²) in [7, 11) is -3.63. The highest BCUT2D eigenvalue weighted by atomic mass is 32.2. The van der Waals surface area contributed by atoms with E-state index in [1.807, 2.05) is 13.0 Å². The van der Waals surface area contributed by atoms with Crippen molar-refractivity contribution in [3.63, 3.8) is 0 Å². The van der Waals surface area contributed by atoms with E-state index in [1.54, 1.807) is 43.3 Å². The van der Waals surface area contributed by atoms with Gasteiger partial charge in [0.2, 0.25) is 15.8 Å². The Hall–Kier alpha value is -2.39. The van der Waals surface area contributed by atoms with Crippen LogP contribution in [0.5, 0.6) is 0 Å². The maximum atomic E-state index is 13.5. The van der Waals surface area contributed by atoms with Crippen molar-refractivity contribution in [1.29, 1.82) is 0 Å². The Morgan fingerprint density at radius 3 is 2.39 bits per heavy atom. The lowest BCUT2D eigenvalue weighted by molar-refractivity contribution is -0.147. The molecule has 0 aliphatic carbocycles. The largest absolute Gasteiger partial charge is 0.449 e. The maximum absolute atomic E-state index is 13.5. The number of aromatic nitrogens is 2. The predicted octanol–water partition coefficient (Wildman–Crippen LogP) is 4.77. The van der Waals surface area contributed by atoms with Crippen molar-refractivity contribution in [2.24, 2.45) is 5.92 Å². The van der Waals surface area contributed by atoms with Crippen LogP contribution in [-0.4, -0.2) is 35.4 Å². The SMILES string of the molecule is Cc1ccc(S(=O)(=O)N2CCC(Cn3c(C(F)(F)F)nc4ccccc43)CC2)c(C)c1. The van der Waals surface area contributed by atoms with E-state index in [-0.39, 0.29) is 30.4 Å².